The third-order valence-electron chi connectivity index (χ3n) is 1.61. The first kappa shape index (κ1) is 9.92. The van der Waals surface area contributed by atoms with Gasteiger partial charge in [-0.25, -0.2) is 0 Å². The van der Waals surface area contributed by atoms with Gasteiger partial charge in [0.25, 0.3) is 0 Å². The molecule has 4 heteroatoms. The molecule has 0 bridgehead atoms. The Bertz CT molecular complexity index is 287. The van der Waals surface area contributed by atoms with E-state index in [0.29, 0.717) is 5.56 Å². The largest absolute Gasteiger partial charge is 0.434 e. The molecular weight excluding hydrogens is 178 g/mol. The molecule has 1 aromatic rings. The van der Waals surface area contributed by atoms with Crippen LogP contribution in [0.5, 0.6) is 5.75 Å². The maximum atomic E-state index is 11.9. The first-order valence-electron chi connectivity index (χ1n) is 3.78. The highest BCUT2D eigenvalue weighted by Gasteiger charge is 2.08. The van der Waals surface area contributed by atoms with E-state index in [2.05, 4.69) is 4.74 Å². The Morgan fingerprint density at radius 1 is 1.46 bits per heavy atom. The Morgan fingerprint density at radius 2 is 2.15 bits per heavy atom. The van der Waals surface area contributed by atoms with Crippen LogP contribution in [0.1, 0.15) is 11.1 Å². The number of benzene rings is 1. The zero-order valence-corrected chi connectivity index (χ0v) is 7.13. The Balaban J connectivity index is 2.94. The Hall–Kier alpha value is -1.16. The number of rotatable bonds is 3. The first-order valence-corrected chi connectivity index (χ1v) is 3.78. The summed E-state index contributed by atoms with van der Waals surface area (Å²) in [6.45, 7) is -1.39. The molecule has 13 heavy (non-hydrogen) atoms. The predicted octanol–water partition coefficient (Wildman–Crippen LogP) is 2.09. The molecule has 0 aliphatic carbocycles. The zero-order valence-electron chi connectivity index (χ0n) is 7.13. The van der Waals surface area contributed by atoms with Gasteiger partial charge in [-0.15, -0.1) is 0 Å². The van der Waals surface area contributed by atoms with Crippen LogP contribution in [0.3, 0.4) is 0 Å². The Labute approximate surface area is 74.8 Å². The average molecular weight is 188 g/mol. The summed E-state index contributed by atoms with van der Waals surface area (Å²) in [6.07, 6.45) is 0. The smallest absolute Gasteiger partial charge is 0.387 e. The quantitative estimate of drug-likeness (QED) is 0.786. The second-order valence-corrected chi connectivity index (χ2v) is 2.65. The van der Waals surface area contributed by atoms with Gasteiger partial charge in [-0.1, -0.05) is 12.1 Å². The van der Waals surface area contributed by atoms with Gasteiger partial charge in [0.15, 0.2) is 0 Å². The molecule has 0 aliphatic rings. The van der Waals surface area contributed by atoms with Gasteiger partial charge < -0.3 is 9.84 Å². The molecule has 0 unspecified atom stereocenters. The molecule has 0 fully saturated rings. The number of hydrogen-bond donors (Lipinski definition) is 1. The third kappa shape index (κ3) is 2.66. The Kier molecular flexibility index (Phi) is 3.19. The fourth-order valence-electron chi connectivity index (χ4n) is 0.998. The van der Waals surface area contributed by atoms with Crippen LogP contribution in [0.2, 0.25) is 0 Å². The van der Waals surface area contributed by atoms with E-state index in [0.717, 1.165) is 5.56 Å². The van der Waals surface area contributed by atoms with E-state index in [1.54, 1.807) is 19.1 Å². The fraction of sp³-hybridized carbons (Fsp3) is 0.333. The average Bonchev–Trinajstić information content (AvgIpc) is 2.03. The summed E-state index contributed by atoms with van der Waals surface area (Å²) in [5.74, 6) is 0.0394. The third-order valence-corrected chi connectivity index (χ3v) is 1.61. The van der Waals surface area contributed by atoms with Gasteiger partial charge in [0.05, 0.1) is 6.61 Å². The van der Waals surface area contributed by atoms with Crippen molar-refractivity contribution in [2.45, 2.75) is 20.1 Å². The van der Waals surface area contributed by atoms with E-state index in [1.165, 1.54) is 6.07 Å². The molecule has 1 N–H and O–H groups in total. The predicted molar refractivity (Wildman–Crippen MR) is 43.7 cm³/mol. The summed E-state index contributed by atoms with van der Waals surface area (Å²) < 4.78 is 28.0. The molecule has 0 spiro atoms. The number of hydrogen-bond acceptors (Lipinski definition) is 2. The molecule has 1 aromatic carbocycles. The Morgan fingerprint density at radius 3 is 2.69 bits per heavy atom. The molecule has 0 amide bonds. The number of alkyl halides is 2. The van der Waals surface area contributed by atoms with Gasteiger partial charge in [0.1, 0.15) is 5.75 Å². The normalized spacial score (nSPS) is 10.5. The van der Waals surface area contributed by atoms with Crippen molar-refractivity contribution in [2.24, 2.45) is 0 Å². The lowest BCUT2D eigenvalue weighted by molar-refractivity contribution is -0.0509. The minimum absolute atomic E-state index is 0.0394. The lowest BCUT2D eigenvalue weighted by atomic mass is 10.1. The molecule has 0 aromatic heterocycles. The molecule has 0 aliphatic heterocycles. The zero-order chi connectivity index (χ0) is 9.84. The summed E-state index contributed by atoms with van der Waals surface area (Å²) >= 11 is 0. The van der Waals surface area contributed by atoms with Crippen LogP contribution >= 0.6 is 0 Å². The number of aliphatic hydroxyl groups is 1. The van der Waals surface area contributed by atoms with Gasteiger partial charge in [0, 0.05) is 5.56 Å². The molecule has 0 atom stereocenters. The summed E-state index contributed by atoms with van der Waals surface area (Å²) in [5, 5.41) is 8.80. The number of aliphatic hydroxyl groups excluding tert-OH is 1. The molecule has 0 heterocycles. The van der Waals surface area contributed by atoms with Crippen molar-refractivity contribution >= 4 is 0 Å². The van der Waals surface area contributed by atoms with Crippen LogP contribution in [0, 0.1) is 6.92 Å². The van der Waals surface area contributed by atoms with E-state index >= 15 is 0 Å². The van der Waals surface area contributed by atoms with Crippen molar-refractivity contribution in [1.82, 2.24) is 0 Å². The van der Waals surface area contributed by atoms with Gasteiger partial charge >= 0.3 is 6.61 Å². The summed E-state index contributed by atoms with van der Waals surface area (Å²) in [6, 6.07) is 4.76. The molecule has 72 valence electrons. The number of halogens is 2. The highest BCUT2D eigenvalue weighted by atomic mass is 19.3. The number of aryl methyl sites for hydroxylation is 1. The maximum absolute atomic E-state index is 11.9. The van der Waals surface area contributed by atoms with Crippen LogP contribution in [-0.2, 0) is 6.61 Å². The number of ether oxygens (including phenoxy) is 1. The second-order valence-electron chi connectivity index (χ2n) is 2.65. The lowest BCUT2D eigenvalue weighted by Gasteiger charge is -2.09. The molecule has 1 rings (SSSR count). The standard InChI is InChI=1S/C9H10F2O2/c1-6-2-3-7(5-12)8(4-6)13-9(10)11/h2-4,9,12H,5H2,1H3. The second kappa shape index (κ2) is 4.18. The SMILES string of the molecule is Cc1ccc(CO)c(OC(F)F)c1. The van der Waals surface area contributed by atoms with E-state index in [9.17, 15) is 8.78 Å². The first-order chi connectivity index (χ1) is 6.13. The van der Waals surface area contributed by atoms with Crippen LogP contribution < -0.4 is 4.74 Å². The lowest BCUT2D eigenvalue weighted by Crippen LogP contribution is -2.04. The summed E-state index contributed by atoms with van der Waals surface area (Å²) in [4.78, 5) is 0. The minimum atomic E-state index is -2.85. The van der Waals surface area contributed by atoms with Crippen molar-refractivity contribution < 1.29 is 18.6 Å². The van der Waals surface area contributed by atoms with Crippen molar-refractivity contribution in [3.8, 4) is 5.75 Å². The van der Waals surface area contributed by atoms with Crippen molar-refractivity contribution in [2.75, 3.05) is 0 Å². The van der Waals surface area contributed by atoms with Crippen LogP contribution in [0.4, 0.5) is 8.78 Å². The molecule has 0 radical (unpaired) electrons. The monoisotopic (exact) mass is 188 g/mol. The van der Waals surface area contributed by atoms with E-state index in [4.69, 9.17) is 5.11 Å². The maximum Gasteiger partial charge on any atom is 0.387 e. The van der Waals surface area contributed by atoms with Gasteiger partial charge in [0.2, 0.25) is 0 Å². The highest BCUT2D eigenvalue weighted by molar-refractivity contribution is 5.36. The van der Waals surface area contributed by atoms with E-state index < -0.39 is 6.61 Å². The summed E-state index contributed by atoms with van der Waals surface area (Å²) in [7, 11) is 0. The van der Waals surface area contributed by atoms with Crippen molar-refractivity contribution in [3.05, 3.63) is 29.3 Å². The van der Waals surface area contributed by atoms with Crippen molar-refractivity contribution in [3.63, 3.8) is 0 Å². The van der Waals surface area contributed by atoms with E-state index in [1.807, 2.05) is 0 Å². The summed E-state index contributed by atoms with van der Waals surface area (Å²) in [5.41, 5.74) is 1.18. The highest BCUT2D eigenvalue weighted by Crippen LogP contribution is 2.21. The molecule has 2 nitrogen and oxygen atoms in total. The van der Waals surface area contributed by atoms with Crippen LogP contribution in [-0.4, -0.2) is 11.7 Å². The fourth-order valence-corrected chi connectivity index (χ4v) is 0.998. The van der Waals surface area contributed by atoms with Crippen molar-refractivity contribution in [1.29, 1.82) is 0 Å². The topological polar surface area (TPSA) is 29.5 Å². The van der Waals surface area contributed by atoms with Crippen LogP contribution in [0.25, 0.3) is 0 Å². The van der Waals surface area contributed by atoms with Gasteiger partial charge in [-0.05, 0) is 18.6 Å². The molecule has 0 saturated carbocycles. The molecule has 0 saturated heterocycles. The van der Waals surface area contributed by atoms with E-state index in [-0.39, 0.29) is 12.4 Å². The van der Waals surface area contributed by atoms with Crippen LogP contribution in [0.15, 0.2) is 18.2 Å². The molecular formula is C9H10F2O2. The van der Waals surface area contributed by atoms with Gasteiger partial charge in [-0.2, -0.15) is 8.78 Å². The minimum Gasteiger partial charge on any atom is -0.434 e. The van der Waals surface area contributed by atoms with Gasteiger partial charge in [-0.3, -0.25) is 0 Å².